The van der Waals surface area contributed by atoms with Crippen LogP contribution in [0.1, 0.15) is 26.3 Å². The van der Waals surface area contributed by atoms with Crippen molar-refractivity contribution in [2.45, 2.75) is 6.54 Å². The fourth-order valence-electron chi connectivity index (χ4n) is 3.10. The molecule has 0 saturated carbocycles. The van der Waals surface area contributed by atoms with Crippen LogP contribution in [0.5, 0.6) is 5.75 Å². The van der Waals surface area contributed by atoms with Crippen LogP contribution in [0.25, 0.3) is 0 Å². The first-order chi connectivity index (χ1) is 15.5. The third-order valence-corrected chi connectivity index (χ3v) is 5.37. The fraction of sp³-hybridized carbons (Fsp3) is 0.200. The minimum atomic E-state index is -0.319. The van der Waals surface area contributed by atoms with E-state index in [9.17, 15) is 9.59 Å². The van der Waals surface area contributed by atoms with E-state index >= 15 is 0 Å². The highest BCUT2D eigenvalue weighted by molar-refractivity contribution is 9.10. The molecule has 7 heteroatoms. The van der Waals surface area contributed by atoms with Gasteiger partial charge in [0, 0.05) is 26.3 Å². The number of para-hydroxylation sites is 1. The van der Waals surface area contributed by atoms with Crippen molar-refractivity contribution in [2.75, 3.05) is 32.7 Å². The van der Waals surface area contributed by atoms with Gasteiger partial charge in [-0.2, -0.15) is 0 Å². The Bertz CT molecular complexity index is 1070. The second kappa shape index (κ2) is 11.5. The normalized spacial score (nSPS) is 10.5. The summed E-state index contributed by atoms with van der Waals surface area (Å²) in [5.41, 5.74) is 2.36. The van der Waals surface area contributed by atoms with Gasteiger partial charge in [-0.1, -0.05) is 42.5 Å². The molecule has 0 aliphatic heterocycles. The zero-order valence-corrected chi connectivity index (χ0v) is 19.6. The Morgan fingerprint density at radius 2 is 1.69 bits per heavy atom. The Kier molecular flexibility index (Phi) is 8.41. The first kappa shape index (κ1) is 23.5. The molecule has 1 N–H and O–H groups in total. The number of hydrogen-bond donors (Lipinski definition) is 1. The summed E-state index contributed by atoms with van der Waals surface area (Å²) in [6.45, 7) is 1.35. The van der Waals surface area contributed by atoms with Crippen molar-refractivity contribution >= 4 is 33.4 Å². The van der Waals surface area contributed by atoms with E-state index < -0.39 is 0 Å². The van der Waals surface area contributed by atoms with Crippen molar-refractivity contribution in [2.24, 2.45) is 0 Å². The zero-order valence-electron chi connectivity index (χ0n) is 18.0. The number of nitrogens with one attached hydrogen (secondary N) is 1. The highest BCUT2D eigenvalue weighted by Gasteiger charge is 2.18. The van der Waals surface area contributed by atoms with Crippen LogP contribution in [0.15, 0.2) is 77.3 Å². The number of carbonyl (C=O) groups is 2. The number of hydrogen-bond acceptors (Lipinski definition) is 4. The molecule has 0 saturated heterocycles. The topological polar surface area (TPSA) is 67.9 Å². The van der Waals surface area contributed by atoms with E-state index in [0.717, 1.165) is 5.56 Å². The highest BCUT2D eigenvalue weighted by Crippen LogP contribution is 2.27. The SMILES string of the molecule is COCCOc1ccc(C(=O)Nc2ccccc2C(=O)N(C)Cc2ccccc2)cc1Br. The summed E-state index contributed by atoms with van der Waals surface area (Å²) in [7, 11) is 3.35. The van der Waals surface area contributed by atoms with Crippen molar-refractivity contribution < 1.29 is 19.1 Å². The lowest BCUT2D eigenvalue weighted by molar-refractivity contribution is 0.0786. The molecule has 3 aromatic rings. The molecule has 6 nitrogen and oxygen atoms in total. The van der Waals surface area contributed by atoms with Crippen molar-refractivity contribution in [1.29, 1.82) is 0 Å². The lowest BCUT2D eigenvalue weighted by Crippen LogP contribution is -2.27. The van der Waals surface area contributed by atoms with Crippen molar-refractivity contribution in [3.63, 3.8) is 0 Å². The number of benzene rings is 3. The second-order valence-corrected chi connectivity index (χ2v) is 7.99. The summed E-state index contributed by atoms with van der Waals surface area (Å²) in [5.74, 6) is 0.129. The van der Waals surface area contributed by atoms with Crippen LogP contribution in [0.3, 0.4) is 0 Å². The average Bonchev–Trinajstić information content (AvgIpc) is 2.80. The predicted octanol–water partition coefficient (Wildman–Crippen LogP) is 5.00. The van der Waals surface area contributed by atoms with E-state index in [0.29, 0.717) is 46.8 Å². The third kappa shape index (κ3) is 6.18. The van der Waals surface area contributed by atoms with Gasteiger partial charge in [0.05, 0.1) is 22.3 Å². The number of halogens is 1. The molecule has 0 spiro atoms. The number of amides is 2. The number of methoxy groups -OCH3 is 1. The molecule has 3 aromatic carbocycles. The number of carbonyl (C=O) groups excluding carboxylic acids is 2. The van der Waals surface area contributed by atoms with E-state index in [-0.39, 0.29) is 11.8 Å². The number of anilines is 1. The predicted molar refractivity (Wildman–Crippen MR) is 128 cm³/mol. The highest BCUT2D eigenvalue weighted by atomic mass is 79.9. The third-order valence-electron chi connectivity index (χ3n) is 4.75. The molecule has 0 aromatic heterocycles. The smallest absolute Gasteiger partial charge is 0.256 e. The zero-order chi connectivity index (χ0) is 22.9. The first-order valence-electron chi connectivity index (χ1n) is 10.1. The Balaban J connectivity index is 1.72. The molecule has 0 fully saturated rings. The van der Waals surface area contributed by atoms with Crippen LogP contribution in [0.2, 0.25) is 0 Å². The van der Waals surface area contributed by atoms with Crippen LogP contribution >= 0.6 is 15.9 Å². The van der Waals surface area contributed by atoms with Crippen molar-refractivity contribution in [3.05, 3.63) is 94.0 Å². The van der Waals surface area contributed by atoms with Gasteiger partial charge in [0.1, 0.15) is 12.4 Å². The average molecular weight is 497 g/mol. The maximum Gasteiger partial charge on any atom is 0.256 e. The van der Waals surface area contributed by atoms with Gasteiger partial charge >= 0.3 is 0 Å². The van der Waals surface area contributed by atoms with Gasteiger partial charge in [-0.3, -0.25) is 9.59 Å². The Labute approximate surface area is 196 Å². The van der Waals surface area contributed by atoms with Gasteiger partial charge in [0.2, 0.25) is 0 Å². The van der Waals surface area contributed by atoms with Gasteiger partial charge in [0.15, 0.2) is 0 Å². The summed E-state index contributed by atoms with van der Waals surface area (Å²) in [4.78, 5) is 27.5. The molecular weight excluding hydrogens is 472 g/mol. The Morgan fingerprint density at radius 1 is 0.969 bits per heavy atom. The lowest BCUT2D eigenvalue weighted by Gasteiger charge is -2.19. The monoisotopic (exact) mass is 496 g/mol. The van der Waals surface area contributed by atoms with Gasteiger partial charge in [-0.25, -0.2) is 0 Å². The van der Waals surface area contributed by atoms with Gasteiger partial charge in [-0.05, 0) is 51.8 Å². The molecule has 0 atom stereocenters. The first-order valence-corrected chi connectivity index (χ1v) is 10.9. The van der Waals surface area contributed by atoms with E-state index in [1.165, 1.54) is 0 Å². The van der Waals surface area contributed by atoms with E-state index in [1.54, 1.807) is 61.5 Å². The Morgan fingerprint density at radius 3 is 2.41 bits per heavy atom. The van der Waals surface area contributed by atoms with Crippen LogP contribution in [-0.2, 0) is 11.3 Å². The Hall–Kier alpha value is -3.16. The van der Waals surface area contributed by atoms with Crippen LogP contribution in [0, 0.1) is 0 Å². The van der Waals surface area contributed by atoms with Crippen molar-refractivity contribution in [3.8, 4) is 5.75 Å². The minimum absolute atomic E-state index is 0.173. The molecule has 2 amide bonds. The van der Waals surface area contributed by atoms with E-state index in [4.69, 9.17) is 9.47 Å². The quantitative estimate of drug-likeness (QED) is 0.423. The van der Waals surface area contributed by atoms with Crippen LogP contribution in [-0.4, -0.2) is 44.1 Å². The molecule has 166 valence electrons. The number of rotatable bonds is 9. The minimum Gasteiger partial charge on any atom is -0.490 e. The van der Waals surface area contributed by atoms with Gasteiger partial charge < -0.3 is 19.7 Å². The summed E-state index contributed by atoms with van der Waals surface area (Å²) < 4.78 is 11.2. The van der Waals surface area contributed by atoms with Crippen molar-refractivity contribution in [1.82, 2.24) is 4.90 Å². The summed E-state index contributed by atoms with van der Waals surface area (Å²) in [6.07, 6.45) is 0. The molecule has 0 aliphatic carbocycles. The summed E-state index contributed by atoms with van der Waals surface area (Å²) >= 11 is 3.43. The van der Waals surface area contributed by atoms with E-state index in [2.05, 4.69) is 21.2 Å². The molecule has 32 heavy (non-hydrogen) atoms. The maximum atomic E-state index is 13.1. The van der Waals surface area contributed by atoms with Crippen LogP contribution in [0.4, 0.5) is 5.69 Å². The van der Waals surface area contributed by atoms with E-state index in [1.807, 2.05) is 30.3 Å². The summed E-state index contributed by atoms with van der Waals surface area (Å²) in [5, 5.41) is 2.86. The molecule has 0 radical (unpaired) electrons. The van der Waals surface area contributed by atoms with Gasteiger partial charge in [0.25, 0.3) is 11.8 Å². The molecule has 0 heterocycles. The van der Waals surface area contributed by atoms with Gasteiger partial charge in [-0.15, -0.1) is 0 Å². The fourth-order valence-corrected chi connectivity index (χ4v) is 3.60. The molecule has 0 bridgehead atoms. The van der Waals surface area contributed by atoms with Crippen LogP contribution < -0.4 is 10.1 Å². The standard InChI is InChI=1S/C25H25BrN2O4/c1-28(17-18-8-4-3-5-9-18)25(30)20-10-6-7-11-22(20)27-24(29)19-12-13-23(21(26)16-19)32-15-14-31-2/h3-13,16H,14-15,17H2,1-2H3,(H,27,29). The number of nitrogens with zero attached hydrogens (tertiary/aromatic N) is 1. The molecular formula is C25H25BrN2O4. The maximum absolute atomic E-state index is 13.1. The number of ether oxygens (including phenoxy) is 2. The second-order valence-electron chi connectivity index (χ2n) is 7.13. The molecule has 0 unspecified atom stereocenters. The summed E-state index contributed by atoms with van der Waals surface area (Å²) in [6, 6.07) is 21.8. The molecule has 0 aliphatic rings. The molecule has 3 rings (SSSR count). The largest absolute Gasteiger partial charge is 0.490 e. The lowest BCUT2D eigenvalue weighted by atomic mass is 10.1.